The van der Waals surface area contributed by atoms with E-state index in [1.807, 2.05) is 56.4 Å². The van der Waals surface area contributed by atoms with Crippen LogP contribution in [0.4, 0.5) is 11.5 Å². The molecule has 0 amide bonds. The van der Waals surface area contributed by atoms with Gasteiger partial charge in [-0.3, -0.25) is 9.88 Å². The highest BCUT2D eigenvalue weighted by Crippen LogP contribution is 2.34. The van der Waals surface area contributed by atoms with Gasteiger partial charge in [0.2, 0.25) is 5.88 Å². The van der Waals surface area contributed by atoms with Crippen LogP contribution in [0.3, 0.4) is 0 Å². The number of nitrogens with one attached hydrogen (secondary N) is 1. The van der Waals surface area contributed by atoms with Gasteiger partial charge in [-0.15, -0.1) is 0 Å². The number of nitrogens with zero attached hydrogens (tertiary/aromatic N) is 4. The fourth-order valence-corrected chi connectivity index (χ4v) is 3.65. The van der Waals surface area contributed by atoms with Crippen molar-refractivity contribution in [1.29, 1.82) is 0 Å². The summed E-state index contributed by atoms with van der Waals surface area (Å²) in [5.41, 5.74) is 2.94. The Morgan fingerprint density at radius 2 is 1.77 bits per heavy atom. The van der Waals surface area contributed by atoms with Gasteiger partial charge >= 0.3 is 0 Å². The summed E-state index contributed by atoms with van der Waals surface area (Å²) in [4.78, 5) is 15.4. The standard InChI is InChI=1S/C23H27N5O2/c1-16-3-8-21(26-15-16)27-19-4-6-20(7-5-19)30-23-22(24-11-12-25-23)18-9-13-28(14-10-18)17(2)29/h3-8,11-12,15,17-18,29H,9-10,13-14H2,1-2H3,(H,26,27). The highest BCUT2D eigenvalue weighted by molar-refractivity contribution is 5.57. The molecule has 1 fully saturated rings. The maximum Gasteiger partial charge on any atom is 0.241 e. The van der Waals surface area contributed by atoms with Crippen molar-refractivity contribution < 1.29 is 9.84 Å². The monoisotopic (exact) mass is 405 g/mol. The van der Waals surface area contributed by atoms with E-state index in [9.17, 15) is 5.11 Å². The molecule has 3 aromatic rings. The average Bonchev–Trinajstić information content (AvgIpc) is 2.77. The van der Waals surface area contributed by atoms with Crippen molar-refractivity contribution in [3.63, 3.8) is 0 Å². The molecule has 2 aromatic heterocycles. The average molecular weight is 406 g/mol. The summed E-state index contributed by atoms with van der Waals surface area (Å²) in [6.45, 7) is 5.50. The molecule has 7 heteroatoms. The molecule has 0 spiro atoms. The minimum Gasteiger partial charge on any atom is -0.437 e. The predicted molar refractivity (Wildman–Crippen MR) is 116 cm³/mol. The SMILES string of the molecule is Cc1ccc(Nc2ccc(Oc3nccnc3C3CCN(C(C)O)CC3)cc2)nc1. The summed E-state index contributed by atoms with van der Waals surface area (Å²) >= 11 is 0. The molecule has 1 atom stereocenters. The number of pyridine rings is 1. The summed E-state index contributed by atoms with van der Waals surface area (Å²) in [6, 6.07) is 11.7. The quantitative estimate of drug-likeness (QED) is 0.635. The van der Waals surface area contributed by atoms with Crippen LogP contribution in [0.15, 0.2) is 55.0 Å². The minimum atomic E-state index is -0.411. The molecule has 1 aliphatic heterocycles. The van der Waals surface area contributed by atoms with Gasteiger partial charge in [-0.05, 0) is 62.6 Å². The number of piperidine rings is 1. The summed E-state index contributed by atoms with van der Waals surface area (Å²) in [5, 5.41) is 13.1. The zero-order valence-electron chi connectivity index (χ0n) is 17.3. The van der Waals surface area contributed by atoms with E-state index in [0.29, 0.717) is 11.6 Å². The van der Waals surface area contributed by atoms with Gasteiger partial charge < -0.3 is 15.2 Å². The lowest BCUT2D eigenvalue weighted by Gasteiger charge is -2.33. The molecular formula is C23H27N5O2. The van der Waals surface area contributed by atoms with E-state index in [1.54, 1.807) is 12.4 Å². The topological polar surface area (TPSA) is 83.4 Å². The first-order valence-corrected chi connectivity index (χ1v) is 10.3. The third-order valence-corrected chi connectivity index (χ3v) is 5.39. The molecule has 1 saturated heterocycles. The fourth-order valence-electron chi connectivity index (χ4n) is 3.65. The van der Waals surface area contributed by atoms with Crippen LogP contribution in [0.2, 0.25) is 0 Å². The van der Waals surface area contributed by atoms with Crippen LogP contribution in [-0.4, -0.2) is 44.3 Å². The Bertz CT molecular complexity index is 952. The normalized spacial score (nSPS) is 16.2. The zero-order chi connectivity index (χ0) is 20.9. The number of aromatic nitrogens is 3. The lowest BCUT2D eigenvalue weighted by atomic mass is 9.93. The maximum absolute atomic E-state index is 9.78. The van der Waals surface area contributed by atoms with Crippen molar-refractivity contribution in [2.45, 2.75) is 38.8 Å². The number of aliphatic hydroxyl groups excluding tert-OH is 1. The van der Waals surface area contributed by atoms with Crippen LogP contribution in [-0.2, 0) is 0 Å². The first-order chi connectivity index (χ1) is 14.6. The van der Waals surface area contributed by atoms with E-state index in [1.165, 1.54) is 0 Å². The summed E-state index contributed by atoms with van der Waals surface area (Å²) < 4.78 is 6.08. The number of hydrogen-bond donors (Lipinski definition) is 2. The molecule has 1 unspecified atom stereocenters. The van der Waals surface area contributed by atoms with Crippen LogP contribution in [0.1, 0.15) is 36.9 Å². The van der Waals surface area contributed by atoms with Crippen molar-refractivity contribution in [3.05, 3.63) is 66.2 Å². The van der Waals surface area contributed by atoms with Crippen LogP contribution in [0, 0.1) is 6.92 Å². The smallest absolute Gasteiger partial charge is 0.241 e. The number of hydrogen-bond acceptors (Lipinski definition) is 7. The highest BCUT2D eigenvalue weighted by atomic mass is 16.5. The molecule has 7 nitrogen and oxygen atoms in total. The van der Waals surface area contributed by atoms with Crippen molar-refractivity contribution in [2.75, 3.05) is 18.4 Å². The Kier molecular flexibility index (Phi) is 6.21. The molecule has 0 radical (unpaired) electrons. The summed E-state index contributed by atoms with van der Waals surface area (Å²) in [7, 11) is 0. The predicted octanol–water partition coefficient (Wildman–Crippen LogP) is 4.23. The largest absolute Gasteiger partial charge is 0.437 e. The van der Waals surface area contributed by atoms with Crippen LogP contribution >= 0.6 is 0 Å². The summed E-state index contributed by atoms with van der Waals surface area (Å²) in [5.74, 6) is 2.33. The number of benzene rings is 1. The maximum atomic E-state index is 9.78. The third-order valence-electron chi connectivity index (χ3n) is 5.39. The Hall–Kier alpha value is -3.03. The number of likely N-dealkylation sites (tertiary alicyclic amines) is 1. The first kappa shape index (κ1) is 20.3. The highest BCUT2D eigenvalue weighted by Gasteiger charge is 2.26. The van der Waals surface area contributed by atoms with Crippen LogP contribution in [0.25, 0.3) is 0 Å². The van der Waals surface area contributed by atoms with E-state index >= 15 is 0 Å². The number of aliphatic hydroxyl groups is 1. The van der Waals surface area contributed by atoms with Crippen molar-refractivity contribution >= 4 is 11.5 Å². The third kappa shape index (κ3) is 4.93. The van der Waals surface area contributed by atoms with Gasteiger partial charge in [0.1, 0.15) is 23.5 Å². The number of ether oxygens (including phenoxy) is 1. The zero-order valence-corrected chi connectivity index (χ0v) is 17.3. The van der Waals surface area contributed by atoms with Gasteiger partial charge in [-0.2, -0.15) is 0 Å². The second kappa shape index (κ2) is 9.19. The Morgan fingerprint density at radius 1 is 1.03 bits per heavy atom. The van der Waals surface area contributed by atoms with Crippen molar-refractivity contribution in [1.82, 2.24) is 19.9 Å². The number of aryl methyl sites for hydroxylation is 1. The molecule has 4 rings (SSSR count). The van der Waals surface area contributed by atoms with Gasteiger partial charge in [-0.1, -0.05) is 6.07 Å². The second-order valence-electron chi connectivity index (χ2n) is 7.66. The van der Waals surface area contributed by atoms with E-state index in [4.69, 9.17) is 4.74 Å². The van der Waals surface area contributed by atoms with Gasteiger partial charge in [0.25, 0.3) is 0 Å². The van der Waals surface area contributed by atoms with Crippen LogP contribution in [0.5, 0.6) is 11.6 Å². The molecule has 30 heavy (non-hydrogen) atoms. The molecule has 0 aliphatic carbocycles. The van der Waals surface area contributed by atoms with E-state index in [0.717, 1.165) is 48.7 Å². The Labute approximate surface area is 176 Å². The Morgan fingerprint density at radius 3 is 2.43 bits per heavy atom. The van der Waals surface area contributed by atoms with Gasteiger partial charge in [-0.25, -0.2) is 9.97 Å². The number of rotatable bonds is 6. The summed E-state index contributed by atoms with van der Waals surface area (Å²) in [6.07, 6.45) is 6.64. The number of anilines is 2. The van der Waals surface area contributed by atoms with Crippen molar-refractivity contribution in [3.8, 4) is 11.6 Å². The van der Waals surface area contributed by atoms with Crippen LogP contribution < -0.4 is 10.1 Å². The lowest BCUT2D eigenvalue weighted by Crippen LogP contribution is -2.39. The lowest BCUT2D eigenvalue weighted by molar-refractivity contribution is 0.00268. The molecule has 1 aromatic carbocycles. The molecule has 0 bridgehead atoms. The van der Waals surface area contributed by atoms with Crippen molar-refractivity contribution in [2.24, 2.45) is 0 Å². The van der Waals surface area contributed by atoms with E-state index < -0.39 is 6.23 Å². The van der Waals surface area contributed by atoms with Gasteiger partial charge in [0.15, 0.2) is 0 Å². The fraction of sp³-hybridized carbons (Fsp3) is 0.348. The second-order valence-corrected chi connectivity index (χ2v) is 7.66. The molecule has 0 saturated carbocycles. The van der Waals surface area contributed by atoms with Gasteiger partial charge in [0, 0.05) is 43.3 Å². The molecule has 1 aliphatic rings. The Balaban J connectivity index is 1.43. The minimum absolute atomic E-state index is 0.275. The first-order valence-electron chi connectivity index (χ1n) is 10.3. The molecule has 2 N–H and O–H groups in total. The van der Waals surface area contributed by atoms with Gasteiger partial charge in [0.05, 0.1) is 0 Å². The van der Waals surface area contributed by atoms with E-state index in [2.05, 4.69) is 25.2 Å². The van der Waals surface area contributed by atoms with E-state index in [-0.39, 0.29) is 5.92 Å². The molecule has 156 valence electrons. The molecular weight excluding hydrogens is 378 g/mol. The molecule has 3 heterocycles.